The molecule has 0 saturated carbocycles. The zero-order valence-electron chi connectivity index (χ0n) is 30.1. The van der Waals surface area contributed by atoms with Crippen molar-refractivity contribution in [2.75, 3.05) is 0 Å². The first-order valence-electron chi connectivity index (χ1n) is 18.7. The summed E-state index contributed by atoms with van der Waals surface area (Å²) < 4.78 is 5.02. The minimum absolute atomic E-state index is 0.638. The monoisotopic (exact) mass is 749 g/mol. The first-order valence-corrected chi connectivity index (χ1v) is 20.3. The highest BCUT2D eigenvalue weighted by Gasteiger charge is 2.20. The van der Waals surface area contributed by atoms with Crippen molar-refractivity contribution < 1.29 is 0 Å². The van der Waals surface area contributed by atoms with Crippen LogP contribution < -0.4 is 0 Å². The second-order valence-corrected chi connectivity index (χ2v) is 16.0. The molecule has 0 atom stereocenters. The van der Waals surface area contributed by atoms with E-state index in [9.17, 15) is 0 Å². The molecule has 0 saturated heterocycles. The van der Waals surface area contributed by atoms with Gasteiger partial charge in [-0.2, -0.15) is 0 Å². The van der Waals surface area contributed by atoms with E-state index in [4.69, 9.17) is 15.0 Å². The molecular formula is C51H31N3S2. The molecule has 11 rings (SSSR count). The lowest BCUT2D eigenvalue weighted by atomic mass is 9.95. The van der Waals surface area contributed by atoms with Crippen LogP contribution in [-0.2, 0) is 0 Å². The maximum atomic E-state index is 5.34. The van der Waals surface area contributed by atoms with E-state index in [-0.39, 0.29) is 0 Å². The summed E-state index contributed by atoms with van der Waals surface area (Å²) in [4.78, 5) is 16.0. The van der Waals surface area contributed by atoms with Gasteiger partial charge in [0.15, 0.2) is 17.5 Å². The Morgan fingerprint density at radius 3 is 1.25 bits per heavy atom. The van der Waals surface area contributed by atoms with Gasteiger partial charge in [0.05, 0.1) is 0 Å². The fourth-order valence-corrected chi connectivity index (χ4v) is 10.4. The largest absolute Gasteiger partial charge is 0.208 e. The Balaban J connectivity index is 1.12. The van der Waals surface area contributed by atoms with Crippen LogP contribution in [0.4, 0.5) is 0 Å². The molecule has 3 nitrogen and oxygen atoms in total. The third-order valence-electron chi connectivity index (χ3n) is 10.6. The molecule has 0 unspecified atom stereocenters. The van der Waals surface area contributed by atoms with E-state index in [0.717, 1.165) is 38.9 Å². The van der Waals surface area contributed by atoms with Gasteiger partial charge >= 0.3 is 0 Å². The van der Waals surface area contributed by atoms with E-state index in [2.05, 4.69) is 182 Å². The lowest BCUT2D eigenvalue weighted by Gasteiger charge is -2.14. The van der Waals surface area contributed by atoms with Crippen molar-refractivity contribution in [1.82, 2.24) is 15.0 Å². The first-order chi connectivity index (χ1) is 27.8. The summed E-state index contributed by atoms with van der Waals surface area (Å²) in [5.41, 5.74) is 9.70. The minimum atomic E-state index is 0.638. The summed E-state index contributed by atoms with van der Waals surface area (Å²) in [6.45, 7) is 0. The van der Waals surface area contributed by atoms with Crippen LogP contribution in [-0.4, -0.2) is 15.0 Å². The quantitative estimate of drug-likeness (QED) is 0.170. The van der Waals surface area contributed by atoms with Crippen LogP contribution in [0.25, 0.3) is 108 Å². The SMILES string of the molecule is c1ccc(-c2ccccc2-c2nc(-c3ccccc3-c3cccc(-c4cccc5c4sc4ccccc45)c3)nc(-c3cccc4c3sc3ccccc34)n2)cc1. The van der Waals surface area contributed by atoms with Crippen LogP contribution in [0.15, 0.2) is 188 Å². The topological polar surface area (TPSA) is 38.7 Å². The second-order valence-electron chi connectivity index (χ2n) is 13.9. The Hall–Kier alpha value is -6.79. The molecule has 0 aliphatic carbocycles. The molecule has 0 N–H and O–H groups in total. The van der Waals surface area contributed by atoms with E-state index in [1.807, 2.05) is 17.4 Å². The lowest BCUT2D eigenvalue weighted by Crippen LogP contribution is -2.02. The van der Waals surface area contributed by atoms with Gasteiger partial charge < -0.3 is 0 Å². The molecule has 0 bridgehead atoms. The number of aromatic nitrogens is 3. The van der Waals surface area contributed by atoms with Gasteiger partial charge in [-0.15, -0.1) is 22.7 Å². The second kappa shape index (κ2) is 13.5. The van der Waals surface area contributed by atoms with Gasteiger partial charge in [-0.25, -0.2) is 15.0 Å². The molecule has 0 aliphatic rings. The van der Waals surface area contributed by atoms with Crippen LogP contribution in [0.2, 0.25) is 0 Å². The van der Waals surface area contributed by atoms with Gasteiger partial charge in [0, 0.05) is 57.0 Å². The molecule has 0 aliphatic heterocycles. The van der Waals surface area contributed by atoms with Crippen molar-refractivity contribution in [3.05, 3.63) is 188 Å². The Morgan fingerprint density at radius 2 is 0.643 bits per heavy atom. The standard InChI is InChI=1S/C51H31N3S2/c1-2-15-32(16-3-1)35-19-4-6-23-42(35)49-52-50(54-51(53-49)44-28-14-27-41-39-22-9-11-30-46(39)56-48(41)44)43-24-7-5-20-36(43)33-17-12-18-34(31-33)37-25-13-26-40-38-21-8-10-29-45(38)55-47(37)40/h1-31H. The van der Waals surface area contributed by atoms with Crippen LogP contribution in [0.5, 0.6) is 0 Å². The number of hydrogen-bond donors (Lipinski definition) is 0. The van der Waals surface area contributed by atoms with E-state index in [0.29, 0.717) is 17.5 Å². The number of thiophene rings is 2. The van der Waals surface area contributed by atoms with Gasteiger partial charge in [0.2, 0.25) is 0 Å². The molecule has 8 aromatic carbocycles. The fraction of sp³-hybridized carbons (Fsp3) is 0. The van der Waals surface area contributed by atoms with E-state index < -0.39 is 0 Å². The molecule has 3 aromatic heterocycles. The van der Waals surface area contributed by atoms with Gasteiger partial charge in [-0.3, -0.25) is 0 Å². The molecule has 0 spiro atoms. The molecule has 262 valence electrons. The summed E-state index contributed by atoms with van der Waals surface area (Å²) >= 11 is 3.65. The molecule has 0 radical (unpaired) electrons. The highest BCUT2D eigenvalue weighted by atomic mass is 32.1. The van der Waals surface area contributed by atoms with Crippen molar-refractivity contribution in [3.63, 3.8) is 0 Å². The van der Waals surface area contributed by atoms with Crippen molar-refractivity contribution in [1.29, 1.82) is 0 Å². The number of fused-ring (bicyclic) bond motifs is 6. The molecule has 0 amide bonds. The maximum Gasteiger partial charge on any atom is 0.165 e. The van der Waals surface area contributed by atoms with Crippen LogP contribution in [0, 0.1) is 0 Å². The first kappa shape index (κ1) is 32.6. The summed E-state index contributed by atoms with van der Waals surface area (Å²) in [6.07, 6.45) is 0. The van der Waals surface area contributed by atoms with Crippen molar-refractivity contribution >= 4 is 63.0 Å². The Kier molecular flexibility index (Phi) is 7.87. The number of nitrogens with zero attached hydrogens (tertiary/aromatic N) is 3. The average Bonchev–Trinajstić information content (AvgIpc) is 3.85. The van der Waals surface area contributed by atoms with Gasteiger partial charge in [-0.05, 0) is 57.6 Å². The minimum Gasteiger partial charge on any atom is -0.208 e. The maximum absolute atomic E-state index is 5.34. The normalized spacial score (nSPS) is 11.6. The predicted octanol–water partition coefficient (Wildman–Crippen LogP) is 14.6. The van der Waals surface area contributed by atoms with Crippen molar-refractivity contribution in [2.24, 2.45) is 0 Å². The predicted molar refractivity (Wildman–Crippen MR) is 238 cm³/mol. The van der Waals surface area contributed by atoms with Crippen LogP contribution in [0.3, 0.4) is 0 Å². The Labute approximate surface area is 331 Å². The van der Waals surface area contributed by atoms with Crippen molar-refractivity contribution in [2.45, 2.75) is 0 Å². The Morgan fingerprint density at radius 1 is 0.268 bits per heavy atom. The van der Waals surface area contributed by atoms with Crippen molar-refractivity contribution in [3.8, 4) is 67.5 Å². The van der Waals surface area contributed by atoms with Crippen LogP contribution in [0.1, 0.15) is 0 Å². The number of rotatable bonds is 6. The third-order valence-corrected chi connectivity index (χ3v) is 13.0. The molecule has 5 heteroatoms. The molecule has 56 heavy (non-hydrogen) atoms. The lowest BCUT2D eigenvalue weighted by molar-refractivity contribution is 1.08. The Bertz CT molecular complexity index is 3270. The number of benzene rings is 8. The zero-order chi connectivity index (χ0) is 37.0. The van der Waals surface area contributed by atoms with Crippen LogP contribution >= 0.6 is 22.7 Å². The van der Waals surface area contributed by atoms with Gasteiger partial charge in [0.25, 0.3) is 0 Å². The van der Waals surface area contributed by atoms with Gasteiger partial charge in [0.1, 0.15) is 0 Å². The fourth-order valence-electron chi connectivity index (χ4n) is 7.97. The van der Waals surface area contributed by atoms with E-state index >= 15 is 0 Å². The molecular weight excluding hydrogens is 719 g/mol. The van der Waals surface area contributed by atoms with E-state index in [1.165, 1.54) is 51.5 Å². The summed E-state index contributed by atoms with van der Waals surface area (Å²) in [5.74, 6) is 1.94. The van der Waals surface area contributed by atoms with E-state index in [1.54, 1.807) is 11.3 Å². The average molecular weight is 750 g/mol. The highest BCUT2D eigenvalue weighted by molar-refractivity contribution is 7.26. The third kappa shape index (κ3) is 5.51. The highest BCUT2D eigenvalue weighted by Crippen LogP contribution is 2.43. The summed E-state index contributed by atoms with van der Waals surface area (Å²) in [5, 5.41) is 5.05. The smallest absolute Gasteiger partial charge is 0.165 e. The molecule has 3 heterocycles. The molecule has 0 fully saturated rings. The zero-order valence-corrected chi connectivity index (χ0v) is 31.7. The summed E-state index contributed by atoms with van der Waals surface area (Å²) in [7, 11) is 0. The molecule has 11 aromatic rings. The summed E-state index contributed by atoms with van der Waals surface area (Å²) in [6, 6.07) is 66.7. The van der Waals surface area contributed by atoms with Gasteiger partial charge in [-0.1, -0.05) is 164 Å². The number of hydrogen-bond acceptors (Lipinski definition) is 5.